The molecule has 1 unspecified atom stereocenters. The van der Waals surface area contributed by atoms with Crippen LogP contribution in [0.25, 0.3) is 0 Å². The average molecular weight is 277 g/mol. The van der Waals surface area contributed by atoms with E-state index in [0.717, 1.165) is 45.5 Å². The number of fused-ring (bicyclic) bond motifs is 1. The number of hydrogen-bond acceptors (Lipinski definition) is 3. The van der Waals surface area contributed by atoms with Crippen LogP contribution >= 0.6 is 0 Å². The summed E-state index contributed by atoms with van der Waals surface area (Å²) in [6, 6.07) is 0. The van der Waals surface area contributed by atoms with Gasteiger partial charge in [0.15, 0.2) is 0 Å². The largest absolute Gasteiger partial charge is 0.378 e. The molecule has 3 rings (SSSR count). The summed E-state index contributed by atoms with van der Waals surface area (Å²) in [6.07, 6.45) is 6.28. The lowest BCUT2D eigenvalue weighted by Crippen LogP contribution is -2.25. The lowest BCUT2D eigenvalue weighted by molar-refractivity contribution is 0.0999. The van der Waals surface area contributed by atoms with Gasteiger partial charge in [0.1, 0.15) is 5.82 Å². The van der Waals surface area contributed by atoms with Gasteiger partial charge < -0.3 is 14.6 Å². The van der Waals surface area contributed by atoms with Gasteiger partial charge in [-0.05, 0) is 25.2 Å². The maximum atomic E-state index is 5.77. The van der Waals surface area contributed by atoms with Gasteiger partial charge in [-0.3, -0.25) is 0 Å². The third-order valence-corrected chi connectivity index (χ3v) is 4.36. The number of rotatable bonds is 5. The molecule has 2 aliphatic heterocycles. The summed E-state index contributed by atoms with van der Waals surface area (Å²) in [5.74, 6) is 1.94. The Morgan fingerprint density at radius 1 is 1.45 bits per heavy atom. The van der Waals surface area contributed by atoms with E-state index in [0.29, 0.717) is 12.0 Å². The van der Waals surface area contributed by atoms with Gasteiger partial charge in [0.2, 0.25) is 0 Å². The van der Waals surface area contributed by atoms with E-state index >= 15 is 0 Å². The zero-order chi connectivity index (χ0) is 13.9. The van der Waals surface area contributed by atoms with Crippen molar-refractivity contribution in [2.45, 2.75) is 65.1 Å². The second kappa shape index (κ2) is 6.27. The Kier molecular flexibility index (Phi) is 4.41. The zero-order valence-electron chi connectivity index (χ0n) is 12.8. The molecular formula is C16H27N3O. The monoisotopic (exact) mass is 277 g/mol. The predicted molar refractivity (Wildman–Crippen MR) is 79.8 cm³/mol. The van der Waals surface area contributed by atoms with Crippen LogP contribution in [-0.4, -0.2) is 28.8 Å². The number of nitrogens with zero attached hydrogens (tertiary/aromatic N) is 2. The first kappa shape index (κ1) is 14.1. The fourth-order valence-corrected chi connectivity index (χ4v) is 3.36. The van der Waals surface area contributed by atoms with Crippen LogP contribution in [0.1, 0.15) is 50.3 Å². The fraction of sp³-hybridized carbons (Fsp3) is 0.812. The predicted octanol–water partition coefficient (Wildman–Crippen LogP) is 2.30. The van der Waals surface area contributed by atoms with Crippen molar-refractivity contribution in [1.82, 2.24) is 14.9 Å². The van der Waals surface area contributed by atoms with Crippen LogP contribution < -0.4 is 5.32 Å². The molecule has 112 valence electrons. The highest BCUT2D eigenvalue weighted by Crippen LogP contribution is 2.22. The molecule has 20 heavy (non-hydrogen) atoms. The van der Waals surface area contributed by atoms with Crippen LogP contribution in [0, 0.1) is 5.92 Å². The topological polar surface area (TPSA) is 39.1 Å². The quantitative estimate of drug-likeness (QED) is 0.897. The van der Waals surface area contributed by atoms with Crippen molar-refractivity contribution in [2.24, 2.45) is 5.92 Å². The summed E-state index contributed by atoms with van der Waals surface area (Å²) in [6.45, 7) is 8.60. The van der Waals surface area contributed by atoms with Crippen LogP contribution in [0.2, 0.25) is 0 Å². The van der Waals surface area contributed by atoms with Crippen molar-refractivity contribution in [1.29, 1.82) is 0 Å². The molecule has 2 aliphatic rings. The van der Waals surface area contributed by atoms with Crippen molar-refractivity contribution >= 4 is 0 Å². The number of aromatic nitrogens is 2. The van der Waals surface area contributed by atoms with Crippen LogP contribution in [0.15, 0.2) is 0 Å². The van der Waals surface area contributed by atoms with Crippen LogP contribution in [-0.2, 0) is 30.7 Å². The molecular weight excluding hydrogens is 250 g/mol. The van der Waals surface area contributed by atoms with E-state index in [2.05, 4.69) is 23.7 Å². The van der Waals surface area contributed by atoms with Gasteiger partial charge in [0.25, 0.3) is 0 Å². The molecule has 0 radical (unpaired) electrons. The first-order valence-electron chi connectivity index (χ1n) is 8.13. The Morgan fingerprint density at radius 2 is 2.35 bits per heavy atom. The van der Waals surface area contributed by atoms with Gasteiger partial charge in [-0.1, -0.05) is 13.8 Å². The van der Waals surface area contributed by atoms with E-state index < -0.39 is 0 Å². The Bertz CT molecular complexity index is 447. The van der Waals surface area contributed by atoms with Crippen molar-refractivity contribution in [3.63, 3.8) is 0 Å². The molecule has 0 amide bonds. The van der Waals surface area contributed by atoms with Gasteiger partial charge >= 0.3 is 0 Å². The standard InChI is InChI=1S/C16H27N3O/c1-12(2)10-16-18-14-11-17-7-5-15(14)19(16)8-6-13-4-3-9-20-13/h12-13,17H,3-11H2,1-2H3. The maximum absolute atomic E-state index is 5.77. The molecule has 1 aromatic rings. The molecule has 1 fully saturated rings. The Morgan fingerprint density at radius 3 is 3.10 bits per heavy atom. The van der Waals surface area contributed by atoms with Gasteiger partial charge in [0.05, 0.1) is 11.8 Å². The molecule has 0 aliphatic carbocycles. The molecule has 1 atom stereocenters. The smallest absolute Gasteiger partial charge is 0.109 e. The third kappa shape index (κ3) is 3.07. The number of imidazole rings is 1. The SMILES string of the molecule is CC(C)Cc1nc2c(n1CCC1CCCO1)CCNC2. The van der Waals surface area contributed by atoms with E-state index in [-0.39, 0.29) is 0 Å². The minimum absolute atomic E-state index is 0.474. The molecule has 0 spiro atoms. The number of ether oxygens (including phenoxy) is 1. The normalized spacial score (nSPS) is 22.4. The van der Waals surface area contributed by atoms with E-state index in [1.807, 2.05) is 0 Å². The molecule has 0 aromatic carbocycles. The van der Waals surface area contributed by atoms with Crippen LogP contribution in [0.4, 0.5) is 0 Å². The zero-order valence-corrected chi connectivity index (χ0v) is 12.8. The minimum Gasteiger partial charge on any atom is -0.378 e. The van der Waals surface area contributed by atoms with Crippen molar-refractivity contribution in [3.05, 3.63) is 17.2 Å². The summed E-state index contributed by atoms with van der Waals surface area (Å²) in [5, 5.41) is 3.43. The van der Waals surface area contributed by atoms with Crippen LogP contribution in [0.5, 0.6) is 0 Å². The van der Waals surface area contributed by atoms with Gasteiger partial charge in [-0.15, -0.1) is 0 Å². The molecule has 4 heteroatoms. The second-order valence-electron chi connectivity index (χ2n) is 6.52. The highest BCUT2D eigenvalue weighted by atomic mass is 16.5. The van der Waals surface area contributed by atoms with E-state index in [9.17, 15) is 0 Å². The van der Waals surface area contributed by atoms with E-state index in [4.69, 9.17) is 9.72 Å². The van der Waals surface area contributed by atoms with Gasteiger partial charge in [-0.25, -0.2) is 4.98 Å². The molecule has 3 heterocycles. The summed E-state index contributed by atoms with van der Waals surface area (Å²) in [7, 11) is 0. The lowest BCUT2D eigenvalue weighted by atomic mass is 10.1. The first-order valence-corrected chi connectivity index (χ1v) is 8.13. The van der Waals surface area contributed by atoms with Gasteiger partial charge in [-0.2, -0.15) is 0 Å². The van der Waals surface area contributed by atoms with Gasteiger partial charge in [0, 0.05) is 44.8 Å². The number of nitrogens with one attached hydrogen (secondary N) is 1. The minimum atomic E-state index is 0.474. The highest BCUT2D eigenvalue weighted by Gasteiger charge is 2.22. The maximum Gasteiger partial charge on any atom is 0.109 e. The molecule has 1 N–H and O–H groups in total. The Balaban J connectivity index is 1.76. The summed E-state index contributed by atoms with van der Waals surface area (Å²) in [4.78, 5) is 4.90. The molecule has 0 bridgehead atoms. The molecule has 1 saturated heterocycles. The summed E-state index contributed by atoms with van der Waals surface area (Å²) < 4.78 is 8.27. The molecule has 0 saturated carbocycles. The summed E-state index contributed by atoms with van der Waals surface area (Å²) in [5.41, 5.74) is 2.75. The lowest BCUT2D eigenvalue weighted by Gasteiger charge is -2.18. The van der Waals surface area contributed by atoms with Crippen LogP contribution in [0.3, 0.4) is 0 Å². The fourth-order valence-electron chi connectivity index (χ4n) is 3.36. The average Bonchev–Trinajstić information content (AvgIpc) is 3.03. The highest BCUT2D eigenvalue weighted by molar-refractivity contribution is 5.20. The molecule has 1 aromatic heterocycles. The third-order valence-electron chi connectivity index (χ3n) is 4.36. The Labute approximate surface area is 121 Å². The van der Waals surface area contributed by atoms with E-state index in [1.54, 1.807) is 0 Å². The second-order valence-corrected chi connectivity index (χ2v) is 6.52. The van der Waals surface area contributed by atoms with Crippen molar-refractivity contribution in [2.75, 3.05) is 13.2 Å². The van der Waals surface area contributed by atoms with Crippen molar-refractivity contribution in [3.8, 4) is 0 Å². The van der Waals surface area contributed by atoms with Crippen molar-refractivity contribution < 1.29 is 4.74 Å². The molecule has 4 nitrogen and oxygen atoms in total. The first-order chi connectivity index (χ1) is 9.74. The van der Waals surface area contributed by atoms with E-state index in [1.165, 1.54) is 30.1 Å². The summed E-state index contributed by atoms with van der Waals surface area (Å²) >= 11 is 0. The number of hydrogen-bond donors (Lipinski definition) is 1. The Hall–Kier alpha value is -0.870.